The Balaban J connectivity index is 1.10. The third kappa shape index (κ3) is 5.84. The van der Waals surface area contributed by atoms with E-state index >= 15 is 0 Å². The van der Waals surface area contributed by atoms with Gasteiger partial charge in [0.15, 0.2) is 18.1 Å². The number of benzene rings is 3. The molecule has 1 saturated heterocycles. The monoisotopic (exact) mass is 535 g/mol. The second kappa shape index (κ2) is 11.0. The van der Waals surface area contributed by atoms with Crippen molar-refractivity contribution in [3.8, 4) is 17.2 Å². The van der Waals surface area contributed by atoms with E-state index in [9.17, 15) is 14.4 Å². The van der Waals surface area contributed by atoms with Crippen LogP contribution >= 0.6 is 11.6 Å². The Hall–Kier alpha value is -4.24. The van der Waals surface area contributed by atoms with Gasteiger partial charge in [-0.2, -0.15) is 0 Å². The number of carbonyl (C=O) groups is 3. The van der Waals surface area contributed by atoms with E-state index in [4.69, 9.17) is 25.8 Å². The number of aryl methyl sites for hydroxylation is 1. The van der Waals surface area contributed by atoms with Crippen LogP contribution in [-0.2, 0) is 20.9 Å². The van der Waals surface area contributed by atoms with Gasteiger partial charge in [-0.3, -0.25) is 14.4 Å². The van der Waals surface area contributed by atoms with Crippen LogP contribution in [0.1, 0.15) is 17.5 Å². The topological polar surface area (TPSA) is 106 Å². The quantitative estimate of drug-likeness (QED) is 0.450. The summed E-state index contributed by atoms with van der Waals surface area (Å²) >= 11 is 6.09. The summed E-state index contributed by atoms with van der Waals surface area (Å²) in [7, 11) is 0. The number of anilines is 2. The molecule has 10 heteroatoms. The molecule has 3 amide bonds. The molecule has 2 aliphatic heterocycles. The zero-order chi connectivity index (χ0) is 26.6. The van der Waals surface area contributed by atoms with Crippen LogP contribution in [0, 0.1) is 12.8 Å². The van der Waals surface area contributed by atoms with Crippen molar-refractivity contribution >= 4 is 40.7 Å². The van der Waals surface area contributed by atoms with Crippen molar-refractivity contribution in [2.24, 2.45) is 5.92 Å². The number of hydrogen-bond donors (Lipinski definition) is 2. The first-order chi connectivity index (χ1) is 18.4. The van der Waals surface area contributed by atoms with Gasteiger partial charge >= 0.3 is 0 Å². The van der Waals surface area contributed by atoms with Crippen molar-refractivity contribution < 1.29 is 28.6 Å². The third-order valence-corrected chi connectivity index (χ3v) is 6.78. The predicted molar refractivity (Wildman–Crippen MR) is 142 cm³/mol. The van der Waals surface area contributed by atoms with Crippen molar-refractivity contribution in [1.82, 2.24) is 5.32 Å². The molecule has 0 aromatic heterocycles. The lowest BCUT2D eigenvalue weighted by Crippen LogP contribution is -2.32. The van der Waals surface area contributed by atoms with E-state index in [0.29, 0.717) is 40.2 Å². The molecular formula is C28H26ClN3O6. The molecule has 38 heavy (non-hydrogen) atoms. The zero-order valence-corrected chi connectivity index (χ0v) is 21.4. The highest BCUT2D eigenvalue weighted by molar-refractivity contribution is 6.31. The summed E-state index contributed by atoms with van der Waals surface area (Å²) in [6.45, 7) is 2.51. The van der Waals surface area contributed by atoms with Gasteiger partial charge in [0.25, 0.3) is 5.91 Å². The molecule has 0 spiro atoms. The summed E-state index contributed by atoms with van der Waals surface area (Å²) in [6.07, 6.45) is 0.133. The number of rotatable bonds is 8. The van der Waals surface area contributed by atoms with E-state index < -0.39 is 5.92 Å². The Kier molecular flexibility index (Phi) is 7.37. The summed E-state index contributed by atoms with van der Waals surface area (Å²) < 4.78 is 16.2. The first-order valence-electron chi connectivity index (χ1n) is 12.1. The van der Waals surface area contributed by atoms with Crippen LogP contribution in [0.4, 0.5) is 11.4 Å². The molecular weight excluding hydrogens is 510 g/mol. The smallest absolute Gasteiger partial charge is 0.262 e. The molecule has 0 saturated carbocycles. The maximum Gasteiger partial charge on any atom is 0.262 e. The summed E-state index contributed by atoms with van der Waals surface area (Å²) in [4.78, 5) is 39.2. The molecule has 5 rings (SSSR count). The van der Waals surface area contributed by atoms with Gasteiger partial charge in [0, 0.05) is 35.9 Å². The van der Waals surface area contributed by atoms with Crippen LogP contribution in [-0.4, -0.2) is 37.7 Å². The molecule has 2 N–H and O–H groups in total. The zero-order valence-electron chi connectivity index (χ0n) is 20.7. The van der Waals surface area contributed by atoms with Crippen molar-refractivity contribution in [3.05, 3.63) is 76.8 Å². The number of carbonyl (C=O) groups excluding carboxylic acids is 3. The minimum Gasteiger partial charge on any atom is -0.484 e. The largest absolute Gasteiger partial charge is 0.484 e. The van der Waals surface area contributed by atoms with E-state index in [1.54, 1.807) is 41.3 Å². The van der Waals surface area contributed by atoms with Crippen LogP contribution in [0.5, 0.6) is 17.2 Å². The Morgan fingerprint density at radius 1 is 1.05 bits per heavy atom. The fraction of sp³-hybridized carbons (Fsp3) is 0.250. The van der Waals surface area contributed by atoms with Crippen LogP contribution in [0.2, 0.25) is 5.02 Å². The van der Waals surface area contributed by atoms with E-state index in [1.807, 2.05) is 31.2 Å². The summed E-state index contributed by atoms with van der Waals surface area (Å²) in [5, 5.41) is 6.21. The number of halogens is 1. The molecule has 3 aromatic carbocycles. The number of fused-ring (bicyclic) bond motifs is 1. The molecule has 1 atom stereocenters. The van der Waals surface area contributed by atoms with Gasteiger partial charge in [0.2, 0.25) is 18.6 Å². The molecule has 1 fully saturated rings. The maximum absolute atomic E-state index is 12.7. The van der Waals surface area contributed by atoms with Crippen molar-refractivity contribution in [3.63, 3.8) is 0 Å². The minimum atomic E-state index is -0.452. The highest BCUT2D eigenvalue weighted by atomic mass is 35.5. The minimum absolute atomic E-state index is 0.127. The molecule has 0 unspecified atom stereocenters. The Labute approximate surface area is 224 Å². The summed E-state index contributed by atoms with van der Waals surface area (Å²) in [5.74, 6) is 0.741. The van der Waals surface area contributed by atoms with Gasteiger partial charge in [0.1, 0.15) is 5.75 Å². The molecule has 9 nitrogen and oxygen atoms in total. The van der Waals surface area contributed by atoms with Gasteiger partial charge < -0.3 is 29.7 Å². The lowest BCUT2D eigenvalue weighted by molar-refractivity contribution is -0.126. The number of nitrogens with zero attached hydrogens (tertiary/aromatic N) is 1. The van der Waals surface area contributed by atoms with Crippen molar-refractivity contribution in [2.45, 2.75) is 19.9 Å². The van der Waals surface area contributed by atoms with E-state index in [1.165, 1.54) is 0 Å². The van der Waals surface area contributed by atoms with Crippen LogP contribution in [0.15, 0.2) is 60.7 Å². The van der Waals surface area contributed by atoms with E-state index in [0.717, 1.165) is 11.1 Å². The normalized spacial score (nSPS) is 15.9. The van der Waals surface area contributed by atoms with E-state index in [2.05, 4.69) is 10.6 Å². The highest BCUT2D eigenvalue weighted by Gasteiger charge is 2.35. The Morgan fingerprint density at radius 2 is 1.84 bits per heavy atom. The average Bonchev–Trinajstić information content (AvgIpc) is 3.55. The lowest BCUT2D eigenvalue weighted by atomic mass is 10.1. The fourth-order valence-corrected chi connectivity index (χ4v) is 4.44. The standard InChI is InChI=1S/C28H26ClN3O6/c1-17-2-4-20(12-23(17)29)31-26(33)15-36-22-7-5-21(6-8-22)32-14-19(11-27(32)34)28(35)30-13-18-3-9-24-25(10-18)38-16-37-24/h2-10,12,19H,11,13-16H2,1H3,(H,30,35)(H,31,33)/t19-/m1/s1. The number of nitrogens with one attached hydrogen (secondary N) is 2. The molecule has 3 aromatic rings. The Morgan fingerprint density at radius 3 is 2.63 bits per heavy atom. The van der Waals surface area contributed by atoms with Crippen LogP contribution < -0.4 is 29.7 Å². The van der Waals surface area contributed by atoms with Crippen molar-refractivity contribution in [1.29, 1.82) is 0 Å². The lowest BCUT2D eigenvalue weighted by Gasteiger charge is -2.17. The van der Waals surface area contributed by atoms with Gasteiger partial charge in [-0.05, 0) is 66.6 Å². The van der Waals surface area contributed by atoms with Crippen LogP contribution in [0.3, 0.4) is 0 Å². The molecule has 0 aliphatic carbocycles. The maximum atomic E-state index is 12.7. The average molecular weight is 536 g/mol. The summed E-state index contributed by atoms with van der Waals surface area (Å²) in [5.41, 5.74) is 3.06. The van der Waals surface area contributed by atoms with Gasteiger partial charge in [-0.1, -0.05) is 23.7 Å². The number of ether oxygens (including phenoxy) is 3. The second-order valence-electron chi connectivity index (χ2n) is 9.11. The molecule has 0 radical (unpaired) electrons. The first kappa shape index (κ1) is 25.4. The fourth-order valence-electron chi connectivity index (χ4n) is 4.26. The molecule has 0 bridgehead atoms. The summed E-state index contributed by atoms with van der Waals surface area (Å²) in [6, 6.07) is 17.6. The van der Waals surface area contributed by atoms with E-state index in [-0.39, 0.29) is 44.1 Å². The van der Waals surface area contributed by atoms with Crippen molar-refractivity contribution in [2.75, 3.05) is 30.2 Å². The predicted octanol–water partition coefficient (Wildman–Crippen LogP) is 4.06. The first-order valence-corrected chi connectivity index (χ1v) is 12.5. The third-order valence-electron chi connectivity index (χ3n) is 6.37. The Bertz CT molecular complexity index is 1380. The number of amides is 3. The molecule has 2 aliphatic rings. The van der Waals surface area contributed by atoms with Gasteiger partial charge in [0.05, 0.1) is 5.92 Å². The number of hydrogen-bond acceptors (Lipinski definition) is 6. The molecule has 196 valence electrons. The van der Waals surface area contributed by atoms with Gasteiger partial charge in [-0.25, -0.2) is 0 Å². The highest BCUT2D eigenvalue weighted by Crippen LogP contribution is 2.32. The SMILES string of the molecule is Cc1ccc(NC(=O)COc2ccc(N3C[C@H](C(=O)NCc4ccc5c(c4)OCO5)CC3=O)cc2)cc1Cl. The van der Waals surface area contributed by atoms with Gasteiger partial charge in [-0.15, -0.1) is 0 Å². The second-order valence-corrected chi connectivity index (χ2v) is 9.51. The van der Waals surface area contributed by atoms with Crippen LogP contribution in [0.25, 0.3) is 0 Å². The molecule has 2 heterocycles.